The van der Waals surface area contributed by atoms with Crippen LogP contribution in [0.4, 0.5) is 0 Å². The van der Waals surface area contributed by atoms with Gasteiger partial charge in [0.2, 0.25) is 0 Å². The van der Waals surface area contributed by atoms with Crippen molar-refractivity contribution in [3.63, 3.8) is 0 Å². The van der Waals surface area contributed by atoms with E-state index >= 15 is 0 Å². The third-order valence-corrected chi connectivity index (χ3v) is 3.85. The Morgan fingerprint density at radius 3 is 2.43 bits per heavy atom. The minimum atomic E-state index is 0.814. The number of hydrogen-bond donors (Lipinski definition) is 2. The fourth-order valence-electron chi connectivity index (χ4n) is 2.11. The Labute approximate surface area is 133 Å². The van der Waals surface area contributed by atoms with Crippen LogP contribution >= 0.6 is 11.6 Å². The average Bonchev–Trinajstić information content (AvgIpc) is 2.51. The predicted octanol–water partition coefficient (Wildman–Crippen LogP) is 2.39. The Morgan fingerprint density at radius 1 is 1.14 bits per heavy atom. The highest BCUT2D eigenvalue weighted by Gasteiger charge is 2.02. The van der Waals surface area contributed by atoms with Crippen LogP contribution in [0.15, 0.2) is 29.3 Å². The number of rotatable bonds is 8. The first-order valence-electron chi connectivity index (χ1n) is 7.61. The fraction of sp³-hybridized carbons (Fsp3) is 0.562. The molecule has 0 aliphatic heterocycles. The summed E-state index contributed by atoms with van der Waals surface area (Å²) in [5.74, 6) is 0.842. The molecule has 0 aromatic heterocycles. The normalized spacial score (nSPS) is 11.8. The third kappa shape index (κ3) is 6.82. The van der Waals surface area contributed by atoms with E-state index in [4.69, 9.17) is 11.6 Å². The van der Waals surface area contributed by atoms with Gasteiger partial charge >= 0.3 is 0 Å². The van der Waals surface area contributed by atoms with Crippen molar-refractivity contribution in [1.29, 1.82) is 0 Å². The second kappa shape index (κ2) is 10.5. The molecule has 0 fully saturated rings. The zero-order chi connectivity index (χ0) is 15.5. The zero-order valence-corrected chi connectivity index (χ0v) is 14.1. The van der Waals surface area contributed by atoms with Crippen molar-refractivity contribution >= 4 is 17.6 Å². The summed E-state index contributed by atoms with van der Waals surface area (Å²) in [6.45, 7) is 9.26. The average molecular weight is 311 g/mol. The van der Waals surface area contributed by atoms with Gasteiger partial charge < -0.3 is 15.5 Å². The van der Waals surface area contributed by atoms with Gasteiger partial charge in [-0.15, -0.1) is 0 Å². The lowest BCUT2D eigenvalue weighted by Gasteiger charge is -2.19. The monoisotopic (exact) mass is 310 g/mol. The zero-order valence-electron chi connectivity index (χ0n) is 13.3. The summed E-state index contributed by atoms with van der Waals surface area (Å²) in [4.78, 5) is 6.61. The number of nitrogens with one attached hydrogen (secondary N) is 2. The maximum atomic E-state index is 6.14. The van der Waals surface area contributed by atoms with Crippen molar-refractivity contribution in [1.82, 2.24) is 15.5 Å². The molecule has 118 valence electrons. The summed E-state index contributed by atoms with van der Waals surface area (Å²) < 4.78 is 0. The van der Waals surface area contributed by atoms with Crippen LogP contribution in [0.5, 0.6) is 0 Å². The first kappa shape index (κ1) is 17.8. The van der Waals surface area contributed by atoms with Crippen LogP contribution in [0, 0.1) is 0 Å². The lowest BCUT2D eigenvalue weighted by molar-refractivity contribution is 0.308. The van der Waals surface area contributed by atoms with Crippen LogP contribution in [0.25, 0.3) is 0 Å². The second-order valence-electron chi connectivity index (χ2n) is 4.79. The molecule has 0 heterocycles. The van der Waals surface area contributed by atoms with Crippen LogP contribution in [0.2, 0.25) is 5.02 Å². The number of likely N-dealkylation sites (N-methyl/N-ethyl adjacent to an activating group) is 1. The molecule has 0 unspecified atom stereocenters. The topological polar surface area (TPSA) is 39.7 Å². The first-order valence-corrected chi connectivity index (χ1v) is 7.99. The van der Waals surface area contributed by atoms with E-state index in [1.807, 2.05) is 18.2 Å². The molecule has 0 radical (unpaired) electrons. The first-order chi connectivity index (χ1) is 10.2. The molecule has 1 rings (SSSR count). The number of nitrogens with zero attached hydrogens (tertiary/aromatic N) is 2. The quantitative estimate of drug-likeness (QED) is 0.572. The summed E-state index contributed by atoms with van der Waals surface area (Å²) in [5.41, 5.74) is 1.16. The number of guanidine groups is 1. The molecule has 5 heteroatoms. The van der Waals surface area contributed by atoms with Crippen molar-refractivity contribution < 1.29 is 0 Å². The molecule has 0 aliphatic rings. The van der Waals surface area contributed by atoms with Crippen LogP contribution in [0.3, 0.4) is 0 Å². The van der Waals surface area contributed by atoms with Gasteiger partial charge in [0.1, 0.15) is 0 Å². The van der Waals surface area contributed by atoms with Gasteiger partial charge in [0.15, 0.2) is 5.96 Å². The van der Waals surface area contributed by atoms with E-state index in [-0.39, 0.29) is 0 Å². The Bertz CT molecular complexity index is 430. The molecular formula is C16H27ClN4. The summed E-state index contributed by atoms with van der Waals surface area (Å²) in [7, 11) is 1.79. The molecule has 1 aromatic rings. The van der Waals surface area contributed by atoms with Gasteiger partial charge in [-0.05, 0) is 31.1 Å². The van der Waals surface area contributed by atoms with Crippen LogP contribution in [-0.4, -0.2) is 50.6 Å². The van der Waals surface area contributed by atoms with E-state index in [1.54, 1.807) is 7.05 Å². The Morgan fingerprint density at radius 2 is 1.81 bits per heavy atom. The molecule has 0 spiro atoms. The minimum Gasteiger partial charge on any atom is -0.356 e. The molecule has 0 saturated carbocycles. The Kier molecular flexibility index (Phi) is 8.87. The van der Waals surface area contributed by atoms with Crippen molar-refractivity contribution in [2.45, 2.75) is 20.3 Å². The fourth-order valence-corrected chi connectivity index (χ4v) is 2.34. The van der Waals surface area contributed by atoms with Gasteiger partial charge in [0, 0.05) is 31.7 Å². The van der Waals surface area contributed by atoms with Crippen LogP contribution < -0.4 is 10.6 Å². The van der Waals surface area contributed by atoms with Crippen LogP contribution in [-0.2, 0) is 6.42 Å². The lowest BCUT2D eigenvalue weighted by Crippen LogP contribution is -2.42. The van der Waals surface area contributed by atoms with Gasteiger partial charge in [0.05, 0.1) is 0 Å². The summed E-state index contributed by atoms with van der Waals surface area (Å²) in [6.07, 6.45) is 0.885. The summed E-state index contributed by atoms with van der Waals surface area (Å²) in [6, 6.07) is 7.94. The number of benzene rings is 1. The largest absolute Gasteiger partial charge is 0.356 e. The highest BCUT2D eigenvalue weighted by Crippen LogP contribution is 2.14. The molecule has 0 saturated heterocycles. The predicted molar refractivity (Wildman–Crippen MR) is 92.3 cm³/mol. The SMILES string of the molecule is CCN(CC)CCNC(=NC)NCCc1ccccc1Cl. The molecule has 0 bridgehead atoms. The smallest absolute Gasteiger partial charge is 0.191 e. The summed E-state index contributed by atoms with van der Waals surface area (Å²) >= 11 is 6.14. The second-order valence-corrected chi connectivity index (χ2v) is 5.20. The lowest BCUT2D eigenvalue weighted by atomic mass is 10.1. The van der Waals surface area contributed by atoms with Crippen molar-refractivity contribution in [3.05, 3.63) is 34.9 Å². The van der Waals surface area contributed by atoms with Gasteiger partial charge in [-0.3, -0.25) is 4.99 Å². The third-order valence-electron chi connectivity index (χ3n) is 3.48. The van der Waals surface area contributed by atoms with Gasteiger partial charge in [0.25, 0.3) is 0 Å². The van der Waals surface area contributed by atoms with Crippen LogP contribution in [0.1, 0.15) is 19.4 Å². The van der Waals surface area contributed by atoms with Crippen molar-refractivity contribution in [3.8, 4) is 0 Å². The van der Waals surface area contributed by atoms with E-state index < -0.39 is 0 Å². The molecule has 2 N–H and O–H groups in total. The molecule has 4 nitrogen and oxygen atoms in total. The van der Waals surface area contributed by atoms with Gasteiger partial charge in [-0.2, -0.15) is 0 Å². The number of hydrogen-bond acceptors (Lipinski definition) is 2. The van der Waals surface area contributed by atoms with Crippen molar-refractivity contribution in [2.75, 3.05) is 39.8 Å². The minimum absolute atomic E-state index is 0.814. The maximum absolute atomic E-state index is 6.14. The molecule has 0 amide bonds. The molecule has 1 aromatic carbocycles. The maximum Gasteiger partial charge on any atom is 0.191 e. The van der Waals surface area contributed by atoms with E-state index in [1.165, 1.54) is 0 Å². The highest BCUT2D eigenvalue weighted by molar-refractivity contribution is 6.31. The molecular weight excluding hydrogens is 284 g/mol. The van der Waals surface area contributed by atoms with E-state index in [0.717, 1.165) is 55.7 Å². The van der Waals surface area contributed by atoms with E-state index in [0.29, 0.717) is 0 Å². The van der Waals surface area contributed by atoms with Gasteiger partial charge in [-0.25, -0.2) is 0 Å². The molecule has 0 atom stereocenters. The summed E-state index contributed by atoms with van der Waals surface area (Å²) in [5, 5.41) is 7.47. The number of aliphatic imine (C=N–C) groups is 1. The molecule has 0 aliphatic carbocycles. The van der Waals surface area contributed by atoms with E-state index in [9.17, 15) is 0 Å². The van der Waals surface area contributed by atoms with Crippen molar-refractivity contribution in [2.24, 2.45) is 4.99 Å². The molecule has 21 heavy (non-hydrogen) atoms. The highest BCUT2D eigenvalue weighted by atomic mass is 35.5. The van der Waals surface area contributed by atoms with Gasteiger partial charge in [-0.1, -0.05) is 43.6 Å². The standard InChI is InChI=1S/C16H27ClN4/c1-4-21(5-2)13-12-20-16(18-3)19-11-10-14-8-6-7-9-15(14)17/h6-9H,4-5,10-13H2,1-3H3,(H2,18,19,20). The Hall–Kier alpha value is -1.26. The van der Waals surface area contributed by atoms with E-state index in [2.05, 4.69) is 40.4 Å². The Balaban J connectivity index is 2.27. The number of halogens is 1.